The highest BCUT2D eigenvalue weighted by molar-refractivity contribution is 7.90. The number of aliphatic hydroxyl groups excluding tert-OH is 1. The van der Waals surface area contributed by atoms with Crippen LogP contribution in [0, 0.1) is 17.8 Å². The SMILES string of the molecule is CC(C)[C@H]1CC=CC[C@H](O)[C@@H]2CC[C@H]2CN2C[C@@]3(CCCc4cc(Cl)ccc43)COc3ccc(cc32)C(=O)NS1(=O)=O. The zero-order chi connectivity index (χ0) is 29.6. The number of carbonyl (C=O) groups is 1. The standard InChI is InChI=1S/C33H41ClN2O5S/c1-21(2)31-8-4-3-7-29(37)26-12-9-24(26)18-36-19-33(15-5-6-22-16-25(34)11-13-27(22)33)20-41-30-14-10-23(17-28(30)36)32(38)35-42(31,39)40/h3-4,10-11,13-14,16-17,21,24,26,29,31,37H,5-9,12,15,18-20H2,1-2H3,(H,35,38)/t24-,26+,29-,31+,33-/m0/s1. The maximum atomic E-state index is 13.4. The first kappa shape index (κ1) is 29.5. The first-order valence-electron chi connectivity index (χ1n) is 15.3. The topological polar surface area (TPSA) is 95.9 Å². The number of halogens is 1. The van der Waals surface area contributed by atoms with Gasteiger partial charge in [0.05, 0.1) is 23.6 Å². The molecule has 1 saturated carbocycles. The van der Waals surface area contributed by atoms with E-state index in [2.05, 4.69) is 21.8 Å². The van der Waals surface area contributed by atoms with E-state index in [9.17, 15) is 18.3 Å². The van der Waals surface area contributed by atoms with Gasteiger partial charge in [-0.1, -0.05) is 43.7 Å². The number of carbonyl (C=O) groups excluding carboxylic acids is 1. The van der Waals surface area contributed by atoms with Gasteiger partial charge in [0.15, 0.2) is 0 Å². The third-order valence-electron chi connectivity index (χ3n) is 10.0. The average Bonchev–Trinajstić information content (AvgIpc) is 3.06. The minimum Gasteiger partial charge on any atom is -0.490 e. The summed E-state index contributed by atoms with van der Waals surface area (Å²) in [6, 6.07) is 11.4. The number of fused-ring (bicyclic) bond motifs is 4. The molecule has 1 fully saturated rings. The molecule has 2 aliphatic carbocycles. The largest absolute Gasteiger partial charge is 0.490 e. The second kappa shape index (κ2) is 11.5. The minimum absolute atomic E-state index is 0.166. The maximum absolute atomic E-state index is 13.4. The van der Waals surface area contributed by atoms with E-state index in [0.717, 1.165) is 49.4 Å². The van der Waals surface area contributed by atoms with Gasteiger partial charge in [-0.25, -0.2) is 13.1 Å². The van der Waals surface area contributed by atoms with E-state index >= 15 is 0 Å². The van der Waals surface area contributed by atoms with Crippen molar-refractivity contribution in [2.24, 2.45) is 17.8 Å². The summed E-state index contributed by atoms with van der Waals surface area (Å²) >= 11 is 6.39. The molecule has 2 N–H and O–H groups in total. The lowest BCUT2D eigenvalue weighted by Crippen LogP contribution is -2.49. The van der Waals surface area contributed by atoms with Crippen molar-refractivity contribution < 1.29 is 23.1 Å². The number of hydrogen-bond acceptors (Lipinski definition) is 6. The number of amides is 1. The zero-order valence-electron chi connectivity index (χ0n) is 24.4. The summed E-state index contributed by atoms with van der Waals surface area (Å²) in [5, 5.41) is 11.1. The van der Waals surface area contributed by atoms with Gasteiger partial charge in [0.1, 0.15) is 5.75 Å². The summed E-state index contributed by atoms with van der Waals surface area (Å²) in [4.78, 5) is 15.7. The Labute approximate surface area is 254 Å². The summed E-state index contributed by atoms with van der Waals surface area (Å²) in [6.45, 7) is 5.62. The fourth-order valence-electron chi connectivity index (χ4n) is 7.53. The number of aryl methyl sites for hydroxylation is 1. The molecule has 6 rings (SSSR count). The van der Waals surface area contributed by atoms with Crippen LogP contribution in [0.15, 0.2) is 48.6 Å². The monoisotopic (exact) mass is 612 g/mol. The van der Waals surface area contributed by atoms with Crippen LogP contribution < -0.4 is 14.4 Å². The molecule has 1 amide bonds. The summed E-state index contributed by atoms with van der Waals surface area (Å²) in [5.74, 6) is 0.333. The van der Waals surface area contributed by atoms with Gasteiger partial charge in [0.2, 0.25) is 10.0 Å². The predicted octanol–water partition coefficient (Wildman–Crippen LogP) is 5.63. The van der Waals surface area contributed by atoms with E-state index in [1.165, 1.54) is 11.1 Å². The van der Waals surface area contributed by atoms with E-state index in [1.807, 2.05) is 32.1 Å². The van der Waals surface area contributed by atoms with Crippen LogP contribution in [0.5, 0.6) is 5.75 Å². The van der Waals surface area contributed by atoms with Gasteiger partial charge >= 0.3 is 0 Å². The average molecular weight is 613 g/mol. The van der Waals surface area contributed by atoms with E-state index in [4.69, 9.17) is 16.3 Å². The van der Waals surface area contributed by atoms with Crippen LogP contribution >= 0.6 is 11.6 Å². The van der Waals surface area contributed by atoms with Crippen molar-refractivity contribution >= 4 is 33.2 Å². The number of hydrogen-bond donors (Lipinski definition) is 2. The molecule has 1 spiro atoms. The van der Waals surface area contributed by atoms with Crippen molar-refractivity contribution in [3.63, 3.8) is 0 Å². The van der Waals surface area contributed by atoms with Gasteiger partial charge in [0, 0.05) is 29.1 Å². The highest BCUT2D eigenvalue weighted by Crippen LogP contribution is 2.47. The van der Waals surface area contributed by atoms with Crippen LogP contribution in [0.25, 0.3) is 0 Å². The molecule has 2 heterocycles. The number of aliphatic hydroxyl groups is 1. The predicted molar refractivity (Wildman–Crippen MR) is 166 cm³/mol. The summed E-state index contributed by atoms with van der Waals surface area (Å²) in [7, 11) is -3.94. The van der Waals surface area contributed by atoms with Crippen LogP contribution in [-0.4, -0.2) is 50.5 Å². The first-order chi connectivity index (χ1) is 20.1. The van der Waals surface area contributed by atoms with E-state index in [0.29, 0.717) is 31.2 Å². The maximum Gasteiger partial charge on any atom is 0.264 e. The molecule has 5 atom stereocenters. The van der Waals surface area contributed by atoms with Crippen molar-refractivity contribution in [3.8, 4) is 5.75 Å². The fourth-order valence-corrected chi connectivity index (χ4v) is 9.33. The van der Waals surface area contributed by atoms with Crippen molar-refractivity contribution in [1.29, 1.82) is 0 Å². The first-order valence-corrected chi connectivity index (χ1v) is 17.2. The molecular formula is C33H41ClN2O5S. The molecule has 2 aromatic rings. The van der Waals surface area contributed by atoms with Crippen molar-refractivity contribution in [2.75, 3.05) is 24.6 Å². The zero-order valence-corrected chi connectivity index (χ0v) is 26.0. The number of sulfonamides is 1. The lowest BCUT2D eigenvalue weighted by molar-refractivity contribution is 0.0177. The molecule has 0 aromatic heterocycles. The second-order valence-corrected chi connectivity index (χ2v) is 15.4. The molecule has 2 bridgehead atoms. The Hall–Kier alpha value is -2.55. The third-order valence-corrected chi connectivity index (χ3v) is 12.3. The molecule has 2 aliphatic heterocycles. The Balaban J connectivity index is 1.42. The van der Waals surface area contributed by atoms with Gasteiger partial charge in [-0.15, -0.1) is 0 Å². The Morgan fingerprint density at radius 3 is 2.69 bits per heavy atom. The summed E-state index contributed by atoms with van der Waals surface area (Å²) < 4.78 is 35.6. The van der Waals surface area contributed by atoms with Gasteiger partial charge in [0.25, 0.3) is 5.91 Å². The Morgan fingerprint density at radius 1 is 1.12 bits per heavy atom. The Morgan fingerprint density at radius 2 is 1.93 bits per heavy atom. The van der Waals surface area contributed by atoms with Crippen LogP contribution in [0.2, 0.25) is 5.02 Å². The molecule has 226 valence electrons. The lowest BCUT2D eigenvalue weighted by atomic mass is 9.68. The summed E-state index contributed by atoms with van der Waals surface area (Å²) in [5.41, 5.74) is 3.34. The molecular weight excluding hydrogens is 572 g/mol. The lowest BCUT2D eigenvalue weighted by Gasteiger charge is -2.45. The molecule has 0 unspecified atom stereocenters. The van der Waals surface area contributed by atoms with Crippen LogP contribution in [0.3, 0.4) is 0 Å². The summed E-state index contributed by atoms with van der Waals surface area (Å²) in [6.07, 6.45) is 9.00. The smallest absolute Gasteiger partial charge is 0.264 e. The van der Waals surface area contributed by atoms with Crippen molar-refractivity contribution in [1.82, 2.24) is 4.72 Å². The molecule has 4 aliphatic rings. The molecule has 7 nitrogen and oxygen atoms in total. The molecule has 42 heavy (non-hydrogen) atoms. The number of anilines is 1. The van der Waals surface area contributed by atoms with Gasteiger partial charge < -0.3 is 14.7 Å². The normalized spacial score (nSPS) is 30.9. The van der Waals surface area contributed by atoms with Crippen molar-refractivity contribution in [3.05, 3.63) is 70.3 Å². The second-order valence-electron chi connectivity index (χ2n) is 13.1. The fraction of sp³-hybridized carbons (Fsp3) is 0.545. The van der Waals surface area contributed by atoms with Gasteiger partial charge in [-0.05, 0) is 104 Å². The van der Waals surface area contributed by atoms with Gasteiger partial charge in [-0.3, -0.25) is 4.79 Å². The Kier molecular flexibility index (Phi) is 8.09. The molecule has 2 aromatic carbocycles. The van der Waals surface area contributed by atoms with E-state index in [-0.39, 0.29) is 29.2 Å². The van der Waals surface area contributed by atoms with Crippen LogP contribution in [0.1, 0.15) is 73.9 Å². The van der Waals surface area contributed by atoms with Gasteiger partial charge in [-0.2, -0.15) is 0 Å². The minimum atomic E-state index is -3.94. The highest BCUT2D eigenvalue weighted by Gasteiger charge is 2.44. The van der Waals surface area contributed by atoms with E-state index in [1.54, 1.807) is 18.2 Å². The number of benzene rings is 2. The van der Waals surface area contributed by atoms with Crippen LogP contribution in [-0.2, 0) is 21.9 Å². The number of allylic oxidation sites excluding steroid dienone is 1. The number of nitrogens with zero attached hydrogens (tertiary/aromatic N) is 1. The Bertz CT molecular complexity index is 1490. The molecule has 0 saturated heterocycles. The highest BCUT2D eigenvalue weighted by atomic mass is 35.5. The van der Waals surface area contributed by atoms with Crippen molar-refractivity contribution in [2.45, 2.75) is 75.6 Å². The third kappa shape index (κ3) is 5.58. The van der Waals surface area contributed by atoms with E-state index < -0.39 is 27.3 Å². The molecule has 9 heteroatoms. The number of rotatable bonds is 1. The number of nitrogens with one attached hydrogen (secondary N) is 1. The quantitative estimate of drug-likeness (QED) is 0.405. The molecule has 0 radical (unpaired) electrons. The number of ether oxygens (including phenoxy) is 1. The van der Waals surface area contributed by atoms with Crippen LogP contribution in [0.4, 0.5) is 5.69 Å².